The van der Waals surface area contributed by atoms with Crippen LogP contribution in [0.2, 0.25) is 0 Å². The first-order valence-electron chi connectivity index (χ1n) is 2.48. The minimum atomic E-state index is -1.08. The van der Waals surface area contributed by atoms with E-state index in [0.29, 0.717) is 0 Å². The van der Waals surface area contributed by atoms with Crippen molar-refractivity contribution in [2.75, 3.05) is 0 Å². The van der Waals surface area contributed by atoms with E-state index < -0.39 is 17.9 Å². The fraction of sp³-hybridized carbons (Fsp3) is 0.600. The number of hydrogen-bond donors (Lipinski definition) is 2. The quantitative estimate of drug-likeness (QED) is 0.632. The molecule has 5 heteroatoms. The Hall–Kier alpha value is -0.710. The van der Waals surface area contributed by atoms with Crippen molar-refractivity contribution in [2.45, 2.75) is 13.3 Å². The molecule has 0 aromatic carbocycles. The summed E-state index contributed by atoms with van der Waals surface area (Å²) in [5, 5.41) is 16.2. The summed E-state index contributed by atoms with van der Waals surface area (Å²) < 4.78 is 0. The SMILES string of the molecule is CC(CC(=O)O)C(=O)O.S. The van der Waals surface area contributed by atoms with Gasteiger partial charge < -0.3 is 10.2 Å². The smallest absolute Gasteiger partial charge is 0.306 e. The molecule has 0 fully saturated rings. The van der Waals surface area contributed by atoms with E-state index in [1.807, 2.05) is 0 Å². The molecular formula is C5H10O4S. The number of rotatable bonds is 3. The summed E-state index contributed by atoms with van der Waals surface area (Å²) in [7, 11) is 0. The number of carboxylic acids is 2. The van der Waals surface area contributed by atoms with Gasteiger partial charge in [0.05, 0.1) is 12.3 Å². The maximum Gasteiger partial charge on any atom is 0.306 e. The van der Waals surface area contributed by atoms with Gasteiger partial charge in [-0.15, -0.1) is 0 Å². The van der Waals surface area contributed by atoms with Gasteiger partial charge in [0.25, 0.3) is 0 Å². The molecule has 2 N–H and O–H groups in total. The van der Waals surface area contributed by atoms with Crippen LogP contribution in [0.1, 0.15) is 13.3 Å². The molecule has 0 aliphatic carbocycles. The minimum absolute atomic E-state index is 0. The molecule has 60 valence electrons. The van der Waals surface area contributed by atoms with Crippen molar-refractivity contribution in [3.05, 3.63) is 0 Å². The van der Waals surface area contributed by atoms with Crippen molar-refractivity contribution in [1.29, 1.82) is 0 Å². The Morgan fingerprint density at radius 2 is 1.80 bits per heavy atom. The lowest BCUT2D eigenvalue weighted by Gasteiger charge is -1.98. The lowest BCUT2D eigenvalue weighted by atomic mass is 10.1. The molecule has 0 aliphatic heterocycles. The Bertz CT molecular complexity index is 134. The third-order valence-electron chi connectivity index (χ3n) is 0.902. The normalized spacial score (nSPS) is 11.3. The molecule has 4 nitrogen and oxygen atoms in total. The molecule has 0 spiro atoms. The standard InChI is InChI=1S/C5H8O4.H2S/c1-3(5(8)9)2-4(6)7;/h3H,2H2,1H3,(H,6,7)(H,8,9);1H2. The Labute approximate surface area is 65.3 Å². The molecule has 10 heavy (non-hydrogen) atoms. The Balaban J connectivity index is 0. The molecular weight excluding hydrogens is 156 g/mol. The van der Waals surface area contributed by atoms with Crippen LogP contribution in [0.25, 0.3) is 0 Å². The van der Waals surface area contributed by atoms with Crippen LogP contribution in [0.3, 0.4) is 0 Å². The Morgan fingerprint density at radius 1 is 1.40 bits per heavy atom. The summed E-state index contributed by atoms with van der Waals surface area (Å²) in [5.74, 6) is -2.94. The lowest BCUT2D eigenvalue weighted by molar-refractivity contribution is -0.147. The predicted octanol–water partition coefficient (Wildman–Crippen LogP) is 0.295. The van der Waals surface area contributed by atoms with Crippen molar-refractivity contribution in [2.24, 2.45) is 5.92 Å². The average Bonchev–Trinajstić information content (AvgIpc) is 1.63. The van der Waals surface area contributed by atoms with Crippen molar-refractivity contribution >= 4 is 25.4 Å². The van der Waals surface area contributed by atoms with E-state index in [1.165, 1.54) is 6.92 Å². The third-order valence-corrected chi connectivity index (χ3v) is 0.902. The maximum atomic E-state index is 9.97. The van der Waals surface area contributed by atoms with Gasteiger partial charge in [-0.25, -0.2) is 0 Å². The number of hydrogen-bond acceptors (Lipinski definition) is 2. The largest absolute Gasteiger partial charge is 0.481 e. The van der Waals surface area contributed by atoms with Crippen LogP contribution in [0.5, 0.6) is 0 Å². The van der Waals surface area contributed by atoms with Gasteiger partial charge in [0.1, 0.15) is 0 Å². The third kappa shape index (κ3) is 5.43. The zero-order valence-corrected chi connectivity index (χ0v) is 6.50. The highest BCUT2D eigenvalue weighted by Crippen LogP contribution is 1.99. The summed E-state index contributed by atoms with van der Waals surface area (Å²) >= 11 is 0. The minimum Gasteiger partial charge on any atom is -0.481 e. The Morgan fingerprint density at radius 3 is 1.90 bits per heavy atom. The molecule has 0 saturated heterocycles. The van der Waals surface area contributed by atoms with E-state index in [4.69, 9.17) is 10.2 Å². The molecule has 0 aliphatic rings. The van der Waals surface area contributed by atoms with E-state index in [9.17, 15) is 9.59 Å². The topological polar surface area (TPSA) is 74.6 Å². The van der Waals surface area contributed by atoms with Gasteiger partial charge in [0.15, 0.2) is 0 Å². The first kappa shape index (κ1) is 12.0. The molecule has 0 aromatic heterocycles. The van der Waals surface area contributed by atoms with E-state index in [0.717, 1.165) is 0 Å². The molecule has 1 unspecified atom stereocenters. The monoisotopic (exact) mass is 166 g/mol. The van der Waals surface area contributed by atoms with Gasteiger partial charge >= 0.3 is 11.9 Å². The summed E-state index contributed by atoms with van der Waals surface area (Å²) in [6.07, 6.45) is -0.310. The van der Waals surface area contributed by atoms with Gasteiger partial charge in [0.2, 0.25) is 0 Å². The first-order valence-corrected chi connectivity index (χ1v) is 2.48. The fourth-order valence-corrected chi connectivity index (χ4v) is 0.349. The van der Waals surface area contributed by atoms with E-state index in [-0.39, 0.29) is 19.9 Å². The summed E-state index contributed by atoms with van der Waals surface area (Å²) in [6.45, 7) is 1.36. The molecule has 1 atom stereocenters. The van der Waals surface area contributed by atoms with Gasteiger partial charge in [0, 0.05) is 0 Å². The lowest BCUT2D eigenvalue weighted by Crippen LogP contribution is -2.13. The number of aliphatic carboxylic acids is 2. The van der Waals surface area contributed by atoms with E-state index in [2.05, 4.69) is 0 Å². The van der Waals surface area contributed by atoms with Crippen molar-refractivity contribution < 1.29 is 19.8 Å². The first-order chi connectivity index (χ1) is 4.04. The highest BCUT2D eigenvalue weighted by Gasteiger charge is 2.13. The molecule has 0 aromatic rings. The van der Waals surface area contributed by atoms with E-state index >= 15 is 0 Å². The van der Waals surface area contributed by atoms with Gasteiger partial charge in [-0.2, -0.15) is 13.5 Å². The van der Waals surface area contributed by atoms with Crippen LogP contribution in [0.15, 0.2) is 0 Å². The van der Waals surface area contributed by atoms with Gasteiger partial charge in [-0.05, 0) is 0 Å². The van der Waals surface area contributed by atoms with E-state index in [1.54, 1.807) is 0 Å². The number of carbonyl (C=O) groups is 2. The van der Waals surface area contributed by atoms with Crippen LogP contribution >= 0.6 is 13.5 Å². The van der Waals surface area contributed by atoms with Gasteiger partial charge in [-0.1, -0.05) is 6.92 Å². The number of carboxylic acid groups (broad SMARTS) is 2. The molecule has 0 saturated carbocycles. The van der Waals surface area contributed by atoms with Crippen LogP contribution in [0, 0.1) is 5.92 Å². The van der Waals surface area contributed by atoms with Crippen LogP contribution in [-0.2, 0) is 9.59 Å². The average molecular weight is 166 g/mol. The van der Waals surface area contributed by atoms with Crippen LogP contribution in [0.4, 0.5) is 0 Å². The molecule has 0 bridgehead atoms. The molecule has 0 radical (unpaired) electrons. The van der Waals surface area contributed by atoms with Crippen molar-refractivity contribution in [1.82, 2.24) is 0 Å². The fourth-order valence-electron chi connectivity index (χ4n) is 0.349. The second-order valence-corrected chi connectivity index (χ2v) is 1.84. The highest BCUT2D eigenvalue weighted by atomic mass is 32.1. The van der Waals surface area contributed by atoms with Crippen molar-refractivity contribution in [3.8, 4) is 0 Å². The summed E-state index contributed by atoms with van der Waals surface area (Å²) in [4.78, 5) is 19.8. The second-order valence-electron chi connectivity index (χ2n) is 1.84. The molecule has 0 heterocycles. The highest BCUT2D eigenvalue weighted by molar-refractivity contribution is 7.59. The molecule has 0 amide bonds. The van der Waals surface area contributed by atoms with Gasteiger partial charge in [-0.3, -0.25) is 9.59 Å². The van der Waals surface area contributed by atoms with Crippen LogP contribution in [-0.4, -0.2) is 22.2 Å². The predicted molar refractivity (Wildman–Crippen MR) is 39.4 cm³/mol. The maximum absolute atomic E-state index is 9.97. The zero-order valence-electron chi connectivity index (χ0n) is 5.50. The summed E-state index contributed by atoms with van der Waals surface area (Å²) in [6, 6.07) is 0. The molecule has 0 rings (SSSR count). The Kier molecular flexibility index (Phi) is 6.13. The van der Waals surface area contributed by atoms with Crippen molar-refractivity contribution in [3.63, 3.8) is 0 Å². The van der Waals surface area contributed by atoms with Crippen LogP contribution < -0.4 is 0 Å². The summed E-state index contributed by atoms with van der Waals surface area (Å²) in [5.41, 5.74) is 0. The zero-order chi connectivity index (χ0) is 7.44. The second kappa shape index (κ2) is 5.10.